The maximum absolute atomic E-state index is 12.2. The topological polar surface area (TPSA) is 26.3 Å². The van der Waals surface area contributed by atoms with Crippen molar-refractivity contribution in [1.82, 2.24) is 0 Å². The van der Waals surface area contributed by atoms with Gasteiger partial charge >= 0.3 is 0 Å². The van der Waals surface area contributed by atoms with E-state index in [1.54, 1.807) is 7.11 Å². The summed E-state index contributed by atoms with van der Waals surface area (Å²) >= 11 is 0. The van der Waals surface area contributed by atoms with E-state index in [1.165, 1.54) is 19.3 Å². The molecule has 1 atom stereocenters. The molecule has 0 bridgehead atoms. The van der Waals surface area contributed by atoms with Crippen LogP contribution in [-0.4, -0.2) is 19.0 Å². The van der Waals surface area contributed by atoms with Gasteiger partial charge in [-0.3, -0.25) is 4.79 Å². The molecule has 2 heteroatoms. The maximum Gasteiger partial charge on any atom is 0.164 e. The lowest BCUT2D eigenvalue weighted by atomic mass is 9.77. The SMILES string of the molecule is CCC1CCC(C(=O)C(OC)C(C)C)CC1. The summed E-state index contributed by atoms with van der Waals surface area (Å²) in [5.41, 5.74) is 0. The molecule has 1 saturated carbocycles. The molecule has 0 aromatic rings. The number of Topliss-reactive ketones (excluding diaryl/α,β-unsaturated/α-hetero) is 1. The first-order chi connectivity index (χ1) is 7.60. The highest BCUT2D eigenvalue weighted by Gasteiger charge is 2.31. The molecule has 0 aromatic carbocycles. The highest BCUT2D eigenvalue weighted by atomic mass is 16.5. The summed E-state index contributed by atoms with van der Waals surface area (Å²) in [6.07, 6.45) is 5.67. The number of carbonyl (C=O) groups is 1. The van der Waals surface area contributed by atoms with Crippen LogP contribution in [0, 0.1) is 17.8 Å². The molecule has 0 radical (unpaired) electrons. The van der Waals surface area contributed by atoms with Gasteiger partial charge in [0.2, 0.25) is 0 Å². The molecular formula is C14H26O2. The molecule has 0 saturated heterocycles. The minimum Gasteiger partial charge on any atom is -0.373 e. The number of hydrogen-bond donors (Lipinski definition) is 0. The molecule has 0 N–H and O–H groups in total. The van der Waals surface area contributed by atoms with Crippen molar-refractivity contribution in [3.63, 3.8) is 0 Å². The molecule has 1 fully saturated rings. The fourth-order valence-corrected chi connectivity index (χ4v) is 2.80. The zero-order chi connectivity index (χ0) is 12.1. The van der Waals surface area contributed by atoms with Crippen LogP contribution in [0.25, 0.3) is 0 Å². The molecule has 1 unspecified atom stereocenters. The molecule has 0 amide bonds. The van der Waals surface area contributed by atoms with Crippen molar-refractivity contribution in [1.29, 1.82) is 0 Å². The van der Waals surface area contributed by atoms with Crippen molar-refractivity contribution in [2.75, 3.05) is 7.11 Å². The minimum atomic E-state index is -0.192. The first kappa shape index (κ1) is 13.7. The van der Waals surface area contributed by atoms with Crippen LogP contribution in [0.4, 0.5) is 0 Å². The molecule has 94 valence electrons. The van der Waals surface area contributed by atoms with Gasteiger partial charge in [0.05, 0.1) is 0 Å². The average Bonchev–Trinajstić information content (AvgIpc) is 2.29. The first-order valence-corrected chi connectivity index (χ1v) is 6.66. The summed E-state index contributed by atoms with van der Waals surface area (Å²) in [7, 11) is 1.65. The predicted octanol–water partition coefficient (Wildman–Crippen LogP) is 3.44. The lowest BCUT2D eigenvalue weighted by Crippen LogP contribution is -2.35. The van der Waals surface area contributed by atoms with Crippen LogP contribution >= 0.6 is 0 Å². The number of ether oxygens (including phenoxy) is 1. The van der Waals surface area contributed by atoms with E-state index in [1.807, 2.05) is 0 Å². The number of ketones is 1. The second kappa shape index (κ2) is 6.39. The Morgan fingerprint density at radius 3 is 2.19 bits per heavy atom. The van der Waals surface area contributed by atoms with Crippen LogP contribution in [-0.2, 0) is 9.53 Å². The third-order valence-corrected chi connectivity index (χ3v) is 3.97. The summed E-state index contributed by atoms with van der Waals surface area (Å²) in [6, 6.07) is 0. The van der Waals surface area contributed by atoms with Gasteiger partial charge in [0.15, 0.2) is 5.78 Å². The second-order valence-corrected chi connectivity index (χ2v) is 5.43. The average molecular weight is 226 g/mol. The highest BCUT2D eigenvalue weighted by Crippen LogP contribution is 2.32. The number of methoxy groups -OCH3 is 1. The van der Waals surface area contributed by atoms with E-state index in [2.05, 4.69) is 20.8 Å². The molecule has 2 nitrogen and oxygen atoms in total. The van der Waals surface area contributed by atoms with Crippen LogP contribution in [0.15, 0.2) is 0 Å². The highest BCUT2D eigenvalue weighted by molar-refractivity contribution is 5.85. The third-order valence-electron chi connectivity index (χ3n) is 3.97. The van der Waals surface area contributed by atoms with Gasteiger partial charge in [-0.05, 0) is 37.5 Å². The Morgan fingerprint density at radius 2 is 1.81 bits per heavy atom. The van der Waals surface area contributed by atoms with Gasteiger partial charge in [0.1, 0.15) is 6.10 Å². The maximum atomic E-state index is 12.2. The molecule has 1 aliphatic carbocycles. The van der Waals surface area contributed by atoms with Crippen molar-refractivity contribution < 1.29 is 9.53 Å². The Bertz CT molecular complexity index is 215. The van der Waals surface area contributed by atoms with Gasteiger partial charge in [-0.25, -0.2) is 0 Å². The molecule has 0 aliphatic heterocycles. The predicted molar refractivity (Wildman–Crippen MR) is 66.4 cm³/mol. The van der Waals surface area contributed by atoms with Gasteiger partial charge in [0, 0.05) is 13.0 Å². The van der Waals surface area contributed by atoms with Crippen LogP contribution in [0.3, 0.4) is 0 Å². The van der Waals surface area contributed by atoms with E-state index in [9.17, 15) is 4.79 Å². The fourth-order valence-electron chi connectivity index (χ4n) is 2.80. The van der Waals surface area contributed by atoms with Gasteiger partial charge < -0.3 is 4.74 Å². The Hall–Kier alpha value is -0.370. The zero-order valence-electron chi connectivity index (χ0n) is 11.2. The number of hydrogen-bond acceptors (Lipinski definition) is 2. The Labute approximate surface area is 99.8 Å². The fraction of sp³-hybridized carbons (Fsp3) is 0.929. The summed E-state index contributed by atoms with van der Waals surface area (Å²) in [5, 5.41) is 0. The Kier molecular flexibility index (Phi) is 5.47. The molecule has 1 aliphatic rings. The summed E-state index contributed by atoms with van der Waals surface area (Å²) in [5.74, 6) is 1.74. The van der Waals surface area contributed by atoms with Crippen molar-refractivity contribution in [3.8, 4) is 0 Å². The van der Waals surface area contributed by atoms with Crippen LogP contribution < -0.4 is 0 Å². The molecule has 0 spiro atoms. The normalized spacial score (nSPS) is 28.1. The third kappa shape index (κ3) is 3.31. The summed E-state index contributed by atoms with van der Waals surface area (Å²) < 4.78 is 5.33. The van der Waals surface area contributed by atoms with Gasteiger partial charge in [0.25, 0.3) is 0 Å². The van der Waals surface area contributed by atoms with Crippen LogP contribution in [0.5, 0.6) is 0 Å². The molecule has 0 aromatic heterocycles. The largest absolute Gasteiger partial charge is 0.373 e. The van der Waals surface area contributed by atoms with E-state index in [0.717, 1.165) is 18.8 Å². The zero-order valence-corrected chi connectivity index (χ0v) is 11.2. The van der Waals surface area contributed by atoms with Crippen molar-refractivity contribution in [2.24, 2.45) is 17.8 Å². The van der Waals surface area contributed by atoms with E-state index < -0.39 is 0 Å². The van der Waals surface area contributed by atoms with Crippen molar-refractivity contribution >= 4 is 5.78 Å². The monoisotopic (exact) mass is 226 g/mol. The standard InChI is InChI=1S/C14H26O2/c1-5-11-6-8-12(9-7-11)13(15)14(16-4)10(2)3/h10-12,14H,5-9H2,1-4H3. The van der Waals surface area contributed by atoms with Gasteiger partial charge in [-0.15, -0.1) is 0 Å². The lowest BCUT2D eigenvalue weighted by Gasteiger charge is -2.30. The molecule has 0 heterocycles. The first-order valence-electron chi connectivity index (χ1n) is 6.66. The quantitative estimate of drug-likeness (QED) is 0.717. The Morgan fingerprint density at radius 1 is 1.25 bits per heavy atom. The van der Waals surface area contributed by atoms with Crippen molar-refractivity contribution in [2.45, 2.75) is 59.0 Å². The number of carbonyl (C=O) groups excluding carboxylic acids is 1. The molecular weight excluding hydrogens is 200 g/mol. The van der Waals surface area contributed by atoms with E-state index >= 15 is 0 Å². The number of rotatable bonds is 5. The van der Waals surface area contributed by atoms with Crippen LogP contribution in [0.2, 0.25) is 0 Å². The minimum absolute atomic E-state index is 0.192. The van der Waals surface area contributed by atoms with E-state index in [-0.39, 0.29) is 12.0 Å². The van der Waals surface area contributed by atoms with Crippen molar-refractivity contribution in [3.05, 3.63) is 0 Å². The lowest BCUT2D eigenvalue weighted by molar-refractivity contribution is -0.136. The smallest absolute Gasteiger partial charge is 0.164 e. The molecule has 16 heavy (non-hydrogen) atoms. The van der Waals surface area contributed by atoms with E-state index in [0.29, 0.717) is 11.7 Å². The summed E-state index contributed by atoms with van der Waals surface area (Å²) in [4.78, 5) is 12.2. The Balaban J connectivity index is 2.49. The summed E-state index contributed by atoms with van der Waals surface area (Å²) in [6.45, 7) is 6.37. The molecule has 1 rings (SSSR count). The van der Waals surface area contributed by atoms with Crippen LogP contribution in [0.1, 0.15) is 52.9 Å². The second-order valence-electron chi connectivity index (χ2n) is 5.43. The van der Waals surface area contributed by atoms with Gasteiger partial charge in [-0.2, -0.15) is 0 Å². The van der Waals surface area contributed by atoms with Gasteiger partial charge in [-0.1, -0.05) is 27.2 Å². The van der Waals surface area contributed by atoms with E-state index in [4.69, 9.17) is 4.74 Å².